The molecule has 1 saturated heterocycles. The summed E-state index contributed by atoms with van der Waals surface area (Å²) in [5, 5.41) is 9.11. The first-order chi connectivity index (χ1) is 8.58. The maximum atomic E-state index is 11.1. The minimum absolute atomic E-state index is 0.187. The van der Waals surface area contributed by atoms with Crippen molar-refractivity contribution in [3.8, 4) is 0 Å². The molecule has 2 unspecified atom stereocenters. The van der Waals surface area contributed by atoms with Crippen molar-refractivity contribution in [3.05, 3.63) is 29.6 Å². The van der Waals surface area contributed by atoms with Crippen LogP contribution in [0.4, 0.5) is 0 Å². The summed E-state index contributed by atoms with van der Waals surface area (Å²) in [6.45, 7) is 5.67. The van der Waals surface area contributed by atoms with Crippen LogP contribution >= 0.6 is 0 Å². The average Bonchev–Trinajstić information content (AvgIpc) is 2.38. The molecule has 0 spiro atoms. The van der Waals surface area contributed by atoms with Gasteiger partial charge in [0.05, 0.1) is 11.6 Å². The maximum absolute atomic E-state index is 11.1. The Balaban J connectivity index is 2.09. The lowest BCUT2D eigenvalue weighted by Crippen LogP contribution is -2.40. The van der Waals surface area contributed by atoms with Crippen LogP contribution < -0.4 is 0 Å². The van der Waals surface area contributed by atoms with Gasteiger partial charge in [-0.1, -0.05) is 6.07 Å². The largest absolute Gasteiger partial charge is 0.481 e. The Morgan fingerprint density at radius 1 is 1.56 bits per heavy atom. The van der Waals surface area contributed by atoms with Gasteiger partial charge >= 0.3 is 5.97 Å². The van der Waals surface area contributed by atoms with Crippen molar-refractivity contribution in [1.29, 1.82) is 0 Å². The summed E-state index contributed by atoms with van der Waals surface area (Å²) in [4.78, 5) is 17.8. The van der Waals surface area contributed by atoms with Crippen LogP contribution in [-0.2, 0) is 4.79 Å². The molecule has 0 radical (unpaired) electrons. The van der Waals surface area contributed by atoms with E-state index in [9.17, 15) is 4.79 Å². The molecule has 4 nitrogen and oxygen atoms in total. The molecular formula is C14H20N2O2. The molecule has 4 heteroatoms. The number of hydrogen-bond acceptors (Lipinski definition) is 3. The SMILES string of the molecule is Cc1cccc(C(C)N2CCCC(C(=O)O)C2)n1. The van der Waals surface area contributed by atoms with Crippen LogP contribution in [0.1, 0.15) is 37.2 Å². The van der Waals surface area contributed by atoms with Crippen molar-refractivity contribution in [2.75, 3.05) is 13.1 Å². The molecule has 1 aromatic heterocycles. The van der Waals surface area contributed by atoms with Crippen LogP contribution in [0.25, 0.3) is 0 Å². The summed E-state index contributed by atoms with van der Waals surface area (Å²) in [7, 11) is 0. The third kappa shape index (κ3) is 2.88. The number of aliphatic carboxylic acids is 1. The fourth-order valence-corrected chi connectivity index (χ4v) is 2.54. The van der Waals surface area contributed by atoms with Crippen LogP contribution in [-0.4, -0.2) is 34.0 Å². The van der Waals surface area contributed by atoms with Gasteiger partial charge in [-0.3, -0.25) is 14.7 Å². The van der Waals surface area contributed by atoms with Crippen molar-refractivity contribution >= 4 is 5.97 Å². The quantitative estimate of drug-likeness (QED) is 0.891. The summed E-state index contributed by atoms with van der Waals surface area (Å²) in [5.41, 5.74) is 2.03. The summed E-state index contributed by atoms with van der Waals surface area (Å²) in [5.74, 6) is -0.907. The number of hydrogen-bond donors (Lipinski definition) is 1. The van der Waals surface area contributed by atoms with E-state index in [1.165, 1.54) is 0 Å². The highest BCUT2D eigenvalue weighted by molar-refractivity contribution is 5.70. The van der Waals surface area contributed by atoms with E-state index in [-0.39, 0.29) is 12.0 Å². The number of rotatable bonds is 3. The van der Waals surface area contributed by atoms with Crippen molar-refractivity contribution in [3.63, 3.8) is 0 Å². The second-order valence-electron chi connectivity index (χ2n) is 5.05. The molecule has 1 aromatic rings. The molecule has 18 heavy (non-hydrogen) atoms. The highest BCUT2D eigenvalue weighted by Crippen LogP contribution is 2.25. The maximum Gasteiger partial charge on any atom is 0.307 e. The lowest BCUT2D eigenvalue weighted by Gasteiger charge is -2.35. The molecule has 1 N–H and O–H groups in total. The number of carboxylic acid groups (broad SMARTS) is 1. The molecule has 0 saturated carbocycles. The van der Waals surface area contributed by atoms with Gasteiger partial charge in [0, 0.05) is 18.3 Å². The molecule has 0 aliphatic carbocycles. The van der Waals surface area contributed by atoms with E-state index < -0.39 is 5.97 Å². The van der Waals surface area contributed by atoms with E-state index in [0.29, 0.717) is 6.54 Å². The first-order valence-corrected chi connectivity index (χ1v) is 6.48. The van der Waals surface area contributed by atoms with Crippen LogP contribution in [0.15, 0.2) is 18.2 Å². The monoisotopic (exact) mass is 248 g/mol. The molecule has 1 fully saturated rings. The predicted octanol–water partition coefficient (Wildman–Crippen LogP) is 2.25. The van der Waals surface area contributed by atoms with Gasteiger partial charge in [0.15, 0.2) is 0 Å². The Kier molecular flexibility index (Phi) is 3.97. The molecule has 0 aromatic carbocycles. The van der Waals surface area contributed by atoms with Gasteiger partial charge in [0.25, 0.3) is 0 Å². The number of carbonyl (C=O) groups is 1. The predicted molar refractivity (Wildman–Crippen MR) is 69.3 cm³/mol. The van der Waals surface area contributed by atoms with Crippen LogP contribution in [0.5, 0.6) is 0 Å². The molecule has 98 valence electrons. The fourth-order valence-electron chi connectivity index (χ4n) is 2.54. The van der Waals surface area contributed by atoms with Crippen LogP contribution in [0.3, 0.4) is 0 Å². The molecule has 1 aliphatic heterocycles. The molecule has 2 heterocycles. The Labute approximate surface area is 108 Å². The van der Waals surface area contributed by atoms with Crippen molar-refractivity contribution in [2.45, 2.75) is 32.7 Å². The van der Waals surface area contributed by atoms with E-state index >= 15 is 0 Å². The van der Waals surface area contributed by atoms with Gasteiger partial charge in [-0.25, -0.2) is 0 Å². The number of nitrogens with zero attached hydrogens (tertiary/aromatic N) is 2. The van der Waals surface area contributed by atoms with Gasteiger partial charge in [-0.05, 0) is 45.4 Å². The zero-order chi connectivity index (χ0) is 13.1. The second-order valence-corrected chi connectivity index (χ2v) is 5.05. The van der Waals surface area contributed by atoms with Crippen molar-refractivity contribution in [1.82, 2.24) is 9.88 Å². The van der Waals surface area contributed by atoms with E-state index in [4.69, 9.17) is 5.11 Å². The van der Waals surface area contributed by atoms with Crippen LogP contribution in [0, 0.1) is 12.8 Å². The van der Waals surface area contributed by atoms with E-state index in [2.05, 4.69) is 16.8 Å². The van der Waals surface area contributed by atoms with E-state index in [0.717, 1.165) is 30.8 Å². The highest BCUT2D eigenvalue weighted by atomic mass is 16.4. The Bertz CT molecular complexity index is 434. The molecule has 1 aliphatic rings. The third-order valence-electron chi connectivity index (χ3n) is 3.69. The Morgan fingerprint density at radius 2 is 2.33 bits per heavy atom. The van der Waals surface area contributed by atoms with Gasteiger partial charge in [-0.15, -0.1) is 0 Å². The topological polar surface area (TPSA) is 53.4 Å². The Hall–Kier alpha value is -1.42. The number of carboxylic acids is 1. The molecule has 2 atom stereocenters. The summed E-state index contributed by atoms with van der Waals surface area (Å²) in [6.07, 6.45) is 1.74. The lowest BCUT2D eigenvalue weighted by molar-refractivity contribution is -0.143. The van der Waals surface area contributed by atoms with Crippen molar-refractivity contribution in [2.24, 2.45) is 5.92 Å². The third-order valence-corrected chi connectivity index (χ3v) is 3.69. The number of piperidine rings is 1. The zero-order valence-electron chi connectivity index (χ0n) is 11.0. The first-order valence-electron chi connectivity index (χ1n) is 6.48. The lowest BCUT2D eigenvalue weighted by atomic mass is 9.96. The molecular weight excluding hydrogens is 228 g/mol. The minimum atomic E-state index is -0.677. The zero-order valence-corrected chi connectivity index (χ0v) is 11.0. The number of likely N-dealkylation sites (tertiary alicyclic amines) is 1. The van der Waals surface area contributed by atoms with E-state index in [1.807, 2.05) is 25.1 Å². The van der Waals surface area contributed by atoms with Crippen molar-refractivity contribution < 1.29 is 9.90 Å². The Morgan fingerprint density at radius 3 is 3.00 bits per heavy atom. The molecule has 0 amide bonds. The number of pyridine rings is 1. The summed E-state index contributed by atoms with van der Waals surface area (Å²) >= 11 is 0. The molecule has 0 bridgehead atoms. The fraction of sp³-hybridized carbons (Fsp3) is 0.571. The summed E-state index contributed by atoms with van der Waals surface area (Å²) < 4.78 is 0. The van der Waals surface area contributed by atoms with Gasteiger partial charge in [0.2, 0.25) is 0 Å². The second kappa shape index (κ2) is 5.48. The number of aryl methyl sites for hydroxylation is 1. The number of aromatic nitrogens is 1. The first kappa shape index (κ1) is 13.0. The summed E-state index contributed by atoms with van der Waals surface area (Å²) in [6, 6.07) is 6.19. The smallest absolute Gasteiger partial charge is 0.307 e. The van der Waals surface area contributed by atoms with E-state index in [1.54, 1.807) is 0 Å². The normalized spacial score (nSPS) is 22.7. The van der Waals surface area contributed by atoms with Gasteiger partial charge in [-0.2, -0.15) is 0 Å². The van der Waals surface area contributed by atoms with Crippen LogP contribution in [0.2, 0.25) is 0 Å². The standard InChI is InChI=1S/C14H20N2O2/c1-10-5-3-7-13(15-10)11(2)16-8-4-6-12(9-16)14(17)18/h3,5,7,11-12H,4,6,8-9H2,1-2H3,(H,17,18). The van der Waals surface area contributed by atoms with Gasteiger partial charge in [0.1, 0.15) is 0 Å². The minimum Gasteiger partial charge on any atom is -0.481 e. The molecule has 2 rings (SSSR count). The highest BCUT2D eigenvalue weighted by Gasteiger charge is 2.28. The van der Waals surface area contributed by atoms with Gasteiger partial charge < -0.3 is 5.11 Å². The average molecular weight is 248 g/mol.